The Hall–Kier alpha value is -1.50. The summed E-state index contributed by atoms with van der Waals surface area (Å²) in [6, 6.07) is 3.59. The van der Waals surface area contributed by atoms with Gasteiger partial charge >= 0.3 is 0 Å². The summed E-state index contributed by atoms with van der Waals surface area (Å²) < 4.78 is 28.6. The minimum absolute atomic E-state index is 0.172. The van der Waals surface area contributed by atoms with Gasteiger partial charge in [0.2, 0.25) is 0 Å². The largest absolute Gasteiger partial charge is 0.271 e. The van der Waals surface area contributed by atoms with Crippen molar-refractivity contribution in [2.24, 2.45) is 5.84 Å². The van der Waals surface area contributed by atoms with Crippen LogP contribution in [0.3, 0.4) is 0 Å². The van der Waals surface area contributed by atoms with E-state index in [2.05, 4.69) is 10.5 Å². The fourth-order valence-electron chi connectivity index (χ4n) is 2.13. The highest BCUT2D eigenvalue weighted by Gasteiger charge is 2.21. The van der Waals surface area contributed by atoms with Crippen molar-refractivity contribution >= 4 is 11.6 Å². The van der Waals surface area contributed by atoms with E-state index in [1.165, 1.54) is 18.3 Å². The first-order chi connectivity index (χ1) is 9.58. The van der Waals surface area contributed by atoms with Crippen molar-refractivity contribution in [3.8, 4) is 0 Å². The molecule has 0 saturated heterocycles. The number of nitrogens with two attached hydrogens (primary N) is 1. The van der Waals surface area contributed by atoms with Gasteiger partial charge in [-0.15, -0.1) is 0 Å². The third kappa shape index (κ3) is 2.82. The highest BCUT2D eigenvalue weighted by Crippen LogP contribution is 2.26. The predicted octanol–water partition coefficient (Wildman–Crippen LogP) is 2.58. The van der Waals surface area contributed by atoms with Gasteiger partial charge in [-0.25, -0.2) is 8.78 Å². The van der Waals surface area contributed by atoms with E-state index in [-0.39, 0.29) is 12.0 Å². The maximum atomic E-state index is 13.7. The van der Waals surface area contributed by atoms with Crippen LogP contribution in [0.4, 0.5) is 8.78 Å². The molecule has 0 saturated carbocycles. The Bertz CT molecular complexity index is 600. The summed E-state index contributed by atoms with van der Waals surface area (Å²) in [6.07, 6.45) is 1.68. The number of halogens is 3. The molecular formula is C13H15ClF2N4. The van der Waals surface area contributed by atoms with Gasteiger partial charge in [0.1, 0.15) is 0 Å². The Labute approximate surface area is 120 Å². The van der Waals surface area contributed by atoms with Crippen LogP contribution >= 0.6 is 11.6 Å². The molecule has 0 amide bonds. The lowest BCUT2D eigenvalue weighted by molar-refractivity contribution is 0.463. The van der Waals surface area contributed by atoms with E-state index < -0.39 is 17.7 Å². The van der Waals surface area contributed by atoms with Gasteiger partial charge in [0, 0.05) is 6.54 Å². The second-order valence-electron chi connectivity index (χ2n) is 4.33. The fraction of sp³-hybridized carbons (Fsp3) is 0.308. The van der Waals surface area contributed by atoms with Crippen LogP contribution in [-0.4, -0.2) is 9.78 Å². The number of aryl methyl sites for hydroxylation is 1. The van der Waals surface area contributed by atoms with Crippen molar-refractivity contribution in [2.45, 2.75) is 25.9 Å². The van der Waals surface area contributed by atoms with E-state index in [4.69, 9.17) is 17.4 Å². The third-order valence-electron chi connectivity index (χ3n) is 3.12. The van der Waals surface area contributed by atoms with Crippen LogP contribution in [0.2, 0.25) is 5.02 Å². The number of rotatable bonds is 5. The van der Waals surface area contributed by atoms with E-state index in [0.717, 1.165) is 6.07 Å². The summed E-state index contributed by atoms with van der Waals surface area (Å²) in [7, 11) is 0. The minimum Gasteiger partial charge on any atom is -0.271 e. The van der Waals surface area contributed by atoms with Crippen LogP contribution in [0, 0.1) is 11.6 Å². The highest BCUT2D eigenvalue weighted by molar-refractivity contribution is 6.31. The normalized spacial score (nSPS) is 12.7. The number of nitrogens with one attached hydrogen (secondary N) is 1. The second-order valence-corrected chi connectivity index (χ2v) is 4.74. The smallest absolute Gasteiger partial charge is 0.162 e. The van der Waals surface area contributed by atoms with E-state index in [0.29, 0.717) is 17.3 Å². The molecular weight excluding hydrogens is 286 g/mol. The molecule has 108 valence electrons. The van der Waals surface area contributed by atoms with Gasteiger partial charge in [-0.05, 0) is 25.0 Å². The summed E-state index contributed by atoms with van der Waals surface area (Å²) in [5.41, 5.74) is 3.46. The number of hydrazine groups is 1. The van der Waals surface area contributed by atoms with E-state index in [1.54, 1.807) is 4.68 Å². The van der Waals surface area contributed by atoms with Gasteiger partial charge in [-0.2, -0.15) is 5.10 Å². The first-order valence-electron chi connectivity index (χ1n) is 6.18. The lowest BCUT2D eigenvalue weighted by Crippen LogP contribution is -2.32. The first kappa shape index (κ1) is 14.9. The predicted molar refractivity (Wildman–Crippen MR) is 73.0 cm³/mol. The van der Waals surface area contributed by atoms with Crippen LogP contribution in [0.1, 0.15) is 24.2 Å². The second kappa shape index (κ2) is 6.30. The molecule has 0 radical (unpaired) electrons. The Morgan fingerprint density at radius 2 is 2.20 bits per heavy atom. The van der Waals surface area contributed by atoms with Crippen molar-refractivity contribution < 1.29 is 8.78 Å². The topological polar surface area (TPSA) is 55.9 Å². The zero-order chi connectivity index (χ0) is 14.7. The van der Waals surface area contributed by atoms with Crippen molar-refractivity contribution in [1.82, 2.24) is 15.2 Å². The fourth-order valence-corrected chi connectivity index (χ4v) is 2.40. The molecule has 0 spiro atoms. The minimum atomic E-state index is -0.881. The summed E-state index contributed by atoms with van der Waals surface area (Å²) in [4.78, 5) is 0. The monoisotopic (exact) mass is 300 g/mol. The van der Waals surface area contributed by atoms with Gasteiger partial charge in [0.25, 0.3) is 0 Å². The SMILES string of the molecule is CCn1ncc(Cl)c1C(Cc1cccc(F)c1F)NN. The van der Waals surface area contributed by atoms with Crippen molar-refractivity contribution in [3.05, 3.63) is 52.3 Å². The zero-order valence-electron chi connectivity index (χ0n) is 10.9. The Balaban J connectivity index is 2.34. The standard InChI is InChI=1S/C13H15ClF2N4/c1-2-20-13(9(14)7-18-20)11(19-17)6-8-4-3-5-10(15)12(8)16/h3-5,7,11,19H,2,6,17H2,1H3. The number of nitrogens with zero attached hydrogens (tertiary/aromatic N) is 2. The molecule has 0 bridgehead atoms. The lowest BCUT2D eigenvalue weighted by atomic mass is 10.0. The van der Waals surface area contributed by atoms with E-state index in [1.807, 2.05) is 6.92 Å². The summed E-state index contributed by atoms with van der Waals surface area (Å²) in [5, 5.41) is 4.54. The molecule has 7 heteroatoms. The van der Waals surface area contributed by atoms with Crippen LogP contribution in [0.25, 0.3) is 0 Å². The number of hydrogen-bond acceptors (Lipinski definition) is 3. The maximum Gasteiger partial charge on any atom is 0.162 e. The molecule has 0 fully saturated rings. The molecule has 1 heterocycles. The summed E-state index contributed by atoms with van der Waals surface area (Å²) in [5.74, 6) is 3.78. The van der Waals surface area contributed by atoms with Gasteiger partial charge in [-0.3, -0.25) is 16.0 Å². The molecule has 1 unspecified atom stereocenters. The Morgan fingerprint density at radius 3 is 2.85 bits per heavy atom. The first-order valence-corrected chi connectivity index (χ1v) is 6.56. The van der Waals surface area contributed by atoms with Gasteiger partial charge in [0.05, 0.1) is 23.0 Å². The van der Waals surface area contributed by atoms with Crippen molar-refractivity contribution in [3.63, 3.8) is 0 Å². The van der Waals surface area contributed by atoms with E-state index in [9.17, 15) is 8.78 Å². The van der Waals surface area contributed by atoms with Crippen molar-refractivity contribution in [2.75, 3.05) is 0 Å². The number of benzene rings is 1. The number of aromatic nitrogens is 2. The Kier molecular flexibility index (Phi) is 4.69. The average Bonchev–Trinajstić information content (AvgIpc) is 2.82. The quantitative estimate of drug-likeness (QED) is 0.659. The molecule has 2 aromatic rings. The molecule has 0 aliphatic rings. The molecule has 1 atom stereocenters. The molecule has 3 N–H and O–H groups in total. The average molecular weight is 301 g/mol. The summed E-state index contributed by atoms with van der Waals surface area (Å²) in [6.45, 7) is 2.51. The molecule has 0 aliphatic heterocycles. The molecule has 20 heavy (non-hydrogen) atoms. The van der Waals surface area contributed by atoms with Crippen LogP contribution < -0.4 is 11.3 Å². The lowest BCUT2D eigenvalue weighted by Gasteiger charge is -2.18. The van der Waals surface area contributed by atoms with Crippen LogP contribution in [-0.2, 0) is 13.0 Å². The number of hydrogen-bond donors (Lipinski definition) is 2. The molecule has 0 aliphatic carbocycles. The van der Waals surface area contributed by atoms with Gasteiger partial charge in [-0.1, -0.05) is 23.7 Å². The highest BCUT2D eigenvalue weighted by atomic mass is 35.5. The molecule has 1 aromatic heterocycles. The third-order valence-corrected chi connectivity index (χ3v) is 3.41. The molecule has 4 nitrogen and oxygen atoms in total. The maximum absolute atomic E-state index is 13.7. The van der Waals surface area contributed by atoms with Crippen LogP contribution in [0.15, 0.2) is 24.4 Å². The van der Waals surface area contributed by atoms with Gasteiger partial charge < -0.3 is 0 Å². The molecule has 2 rings (SSSR count). The Morgan fingerprint density at radius 1 is 1.45 bits per heavy atom. The molecule has 1 aromatic carbocycles. The summed E-state index contributed by atoms with van der Waals surface area (Å²) >= 11 is 6.09. The zero-order valence-corrected chi connectivity index (χ0v) is 11.7. The van der Waals surface area contributed by atoms with E-state index >= 15 is 0 Å². The van der Waals surface area contributed by atoms with Crippen molar-refractivity contribution in [1.29, 1.82) is 0 Å². The van der Waals surface area contributed by atoms with Crippen LogP contribution in [0.5, 0.6) is 0 Å². The van der Waals surface area contributed by atoms with Gasteiger partial charge in [0.15, 0.2) is 11.6 Å².